The molecule has 0 unspecified atom stereocenters. The van der Waals surface area contributed by atoms with Crippen LogP contribution in [0.15, 0.2) is 47.1 Å². The summed E-state index contributed by atoms with van der Waals surface area (Å²) >= 11 is 0. The number of amides is 2. The van der Waals surface area contributed by atoms with Gasteiger partial charge in [0.15, 0.2) is 0 Å². The van der Waals surface area contributed by atoms with E-state index >= 15 is 0 Å². The first-order valence-electron chi connectivity index (χ1n) is 11.6. The minimum atomic E-state index is 0.0702. The second-order valence-corrected chi connectivity index (χ2v) is 8.99. The average molecular weight is 419 g/mol. The van der Waals surface area contributed by atoms with E-state index < -0.39 is 0 Å². The van der Waals surface area contributed by atoms with Gasteiger partial charge in [-0.15, -0.1) is 0 Å². The normalized spacial score (nSPS) is 18.5. The zero-order valence-electron chi connectivity index (χ0n) is 18.0. The molecule has 0 radical (unpaired) electrons. The molecule has 2 amide bonds. The molecule has 0 bridgehead atoms. The summed E-state index contributed by atoms with van der Waals surface area (Å²) in [5.41, 5.74) is 1.77. The van der Waals surface area contributed by atoms with E-state index in [1.165, 1.54) is 12.8 Å². The van der Waals surface area contributed by atoms with Gasteiger partial charge in [0.2, 0.25) is 11.8 Å². The fourth-order valence-electron chi connectivity index (χ4n) is 5.20. The van der Waals surface area contributed by atoms with Gasteiger partial charge in [-0.2, -0.15) is 0 Å². The fourth-order valence-corrected chi connectivity index (χ4v) is 5.20. The van der Waals surface area contributed by atoms with Gasteiger partial charge >= 0.3 is 0 Å². The maximum atomic E-state index is 13.1. The zero-order chi connectivity index (χ0) is 21.2. The van der Waals surface area contributed by atoms with Gasteiger partial charge in [0, 0.05) is 43.0 Å². The first-order chi connectivity index (χ1) is 15.2. The monoisotopic (exact) mass is 418 g/mol. The molecule has 0 atom stereocenters. The minimum absolute atomic E-state index is 0.0702. The predicted molar refractivity (Wildman–Crippen MR) is 122 cm³/mol. The molecule has 3 heterocycles. The number of likely N-dealkylation sites (tertiary alicyclic amines) is 2. The van der Waals surface area contributed by atoms with Gasteiger partial charge in [-0.1, -0.05) is 43.2 Å². The van der Waals surface area contributed by atoms with E-state index in [1.807, 2.05) is 23.1 Å². The van der Waals surface area contributed by atoms with Crippen LogP contribution in [0.1, 0.15) is 44.1 Å². The van der Waals surface area contributed by atoms with Gasteiger partial charge in [0.25, 0.3) is 0 Å². The summed E-state index contributed by atoms with van der Waals surface area (Å²) in [5, 5.41) is 3.31. The molecule has 2 aliphatic heterocycles. The maximum absolute atomic E-state index is 13.1. The number of furan rings is 1. The van der Waals surface area contributed by atoms with Crippen LogP contribution in [-0.2, 0) is 16.0 Å². The molecule has 5 rings (SSSR count). The standard InChI is InChI=1S/C26H30N2O3/c29-24(17-21-18-31-23-10-9-19-7-3-4-8-22(19)25(21)23)27-15-11-20(12-16-27)26(30)28-13-5-1-2-6-14-28/h3-4,7-10,18,20H,1-2,5-6,11-17H2. The van der Waals surface area contributed by atoms with Crippen molar-refractivity contribution in [2.75, 3.05) is 26.2 Å². The molecule has 0 saturated carbocycles. The van der Waals surface area contributed by atoms with Gasteiger partial charge in [-0.3, -0.25) is 9.59 Å². The van der Waals surface area contributed by atoms with Crippen LogP contribution in [0.4, 0.5) is 0 Å². The average Bonchev–Trinajstić information content (AvgIpc) is 3.03. The first-order valence-corrected chi connectivity index (χ1v) is 11.6. The first kappa shape index (κ1) is 20.1. The summed E-state index contributed by atoms with van der Waals surface area (Å²) in [4.78, 5) is 30.0. The Labute approximate surface area is 183 Å². The molecule has 5 heteroatoms. The van der Waals surface area contributed by atoms with Crippen molar-refractivity contribution in [2.24, 2.45) is 5.92 Å². The molecule has 3 aromatic rings. The zero-order valence-corrected chi connectivity index (χ0v) is 18.0. The number of hydrogen-bond acceptors (Lipinski definition) is 3. The number of hydrogen-bond donors (Lipinski definition) is 0. The molecule has 2 saturated heterocycles. The molecular formula is C26H30N2O3. The highest BCUT2D eigenvalue weighted by Gasteiger charge is 2.30. The Morgan fingerprint density at radius 2 is 1.61 bits per heavy atom. The van der Waals surface area contributed by atoms with Crippen LogP contribution in [0, 0.1) is 5.92 Å². The molecule has 5 nitrogen and oxygen atoms in total. The molecule has 2 aromatic carbocycles. The fraction of sp³-hybridized carbons (Fsp3) is 0.462. The van der Waals surface area contributed by atoms with Gasteiger partial charge in [-0.25, -0.2) is 0 Å². The Kier molecular flexibility index (Phi) is 5.66. The van der Waals surface area contributed by atoms with Gasteiger partial charge in [0.1, 0.15) is 5.58 Å². The van der Waals surface area contributed by atoms with E-state index in [0.29, 0.717) is 25.4 Å². The number of rotatable bonds is 3. The summed E-state index contributed by atoms with van der Waals surface area (Å²) in [6, 6.07) is 12.2. The van der Waals surface area contributed by atoms with Gasteiger partial charge in [0.05, 0.1) is 12.7 Å². The minimum Gasteiger partial charge on any atom is -0.464 e. The Balaban J connectivity index is 1.24. The van der Waals surface area contributed by atoms with Crippen molar-refractivity contribution in [3.63, 3.8) is 0 Å². The molecule has 2 aliphatic rings. The van der Waals surface area contributed by atoms with Crippen LogP contribution in [-0.4, -0.2) is 47.8 Å². The predicted octanol–water partition coefficient (Wildman–Crippen LogP) is 4.77. The topological polar surface area (TPSA) is 53.8 Å². The van der Waals surface area contributed by atoms with Gasteiger partial charge in [-0.05, 0) is 42.5 Å². The van der Waals surface area contributed by atoms with Crippen molar-refractivity contribution >= 4 is 33.6 Å². The van der Waals surface area contributed by atoms with Crippen molar-refractivity contribution < 1.29 is 14.0 Å². The molecule has 1 aromatic heterocycles. The van der Waals surface area contributed by atoms with Crippen LogP contribution in [0.25, 0.3) is 21.7 Å². The van der Waals surface area contributed by atoms with E-state index in [1.54, 1.807) is 6.26 Å². The molecule has 0 N–H and O–H groups in total. The number of benzene rings is 2. The summed E-state index contributed by atoms with van der Waals surface area (Å²) in [6.07, 6.45) is 8.32. The van der Waals surface area contributed by atoms with Crippen LogP contribution >= 0.6 is 0 Å². The van der Waals surface area contributed by atoms with E-state index in [0.717, 1.165) is 66.1 Å². The maximum Gasteiger partial charge on any atom is 0.227 e. The Hall–Kier alpha value is -2.82. The third-order valence-corrected chi connectivity index (χ3v) is 7.00. The Morgan fingerprint density at radius 3 is 2.39 bits per heavy atom. The summed E-state index contributed by atoms with van der Waals surface area (Å²) in [5.74, 6) is 0.499. The SMILES string of the molecule is O=C(Cc1coc2ccc3ccccc3c12)N1CCC(C(=O)N2CCCCCC2)CC1. The number of carbonyl (C=O) groups excluding carboxylic acids is 2. The lowest BCUT2D eigenvalue weighted by atomic mass is 9.94. The molecular weight excluding hydrogens is 388 g/mol. The lowest BCUT2D eigenvalue weighted by Gasteiger charge is -2.34. The van der Waals surface area contributed by atoms with Crippen molar-refractivity contribution in [1.82, 2.24) is 9.80 Å². The largest absolute Gasteiger partial charge is 0.464 e. The second kappa shape index (κ2) is 8.74. The van der Waals surface area contributed by atoms with Crippen molar-refractivity contribution in [2.45, 2.75) is 44.9 Å². The summed E-state index contributed by atoms with van der Waals surface area (Å²) in [7, 11) is 0. The van der Waals surface area contributed by atoms with E-state index in [2.05, 4.69) is 23.1 Å². The number of nitrogens with zero attached hydrogens (tertiary/aromatic N) is 2. The van der Waals surface area contributed by atoms with Crippen LogP contribution in [0.2, 0.25) is 0 Å². The number of fused-ring (bicyclic) bond motifs is 3. The lowest BCUT2D eigenvalue weighted by Crippen LogP contribution is -2.45. The Bertz CT molecular complexity index is 1090. The third-order valence-electron chi connectivity index (χ3n) is 7.00. The molecule has 0 aliphatic carbocycles. The molecule has 0 spiro atoms. The van der Waals surface area contributed by atoms with Crippen LogP contribution in [0.3, 0.4) is 0 Å². The highest BCUT2D eigenvalue weighted by Crippen LogP contribution is 2.31. The smallest absolute Gasteiger partial charge is 0.227 e. The Morgan fingerprint density at radius 1 is 0.871 bits per heavy atom. The van der Waals surface area contributed by atoms with Crippen LogP contribution in [0.5, 0.6) is 0 Å². The number of piperidine rings is 1. The van der Waals surface area contributed by atoms with Crippen molar-refractivity contribution in [1.29, 1.82) is 0 Å². The quantitative estimate of drug-likeness (QED) is 0.616. The molecule has 31 heavy (non-hydrogen) atoms. The van der Waals surface area contributed by atoms with Crippen molar-refractivity contribution in [3.8, 4) is 0 Å². The lowest BCUT2D eigenvalue weighted by molar-refractivity contribution is -0.140. The highest BCUT2D eigenvalue weighted by molar-refractivity contribution is 6.08. The third kappa shape index (κ3) is 4.06. The van der Waals surface area contributed by atoms with E-state index in [4.69, 9.17) is 4.42 Å². The van der Waals surface area contributed by atoms with E-state index in [-0.39, 0.29) is 11.8 Å². The molecule has 162 valence electrons. The number of carbonyl (C=O) groups is 2. The van der Waals surface area contributed by atoms with E-state index in [9.17, 15) is 9.59 Å². The van der Waals surface area contributed by atoms with Crippen LogP contribution < -0.4 is 0 Å². The highest BCUT2D eigenvalue weighted by atomic mass is 16.3. The summed E-state index contributed by atoms with van der Waals surface area (Å²) < 4.78 is 5.75. The van der Waals surface area contributed by atoms with Gasteiger partial charge < -0.3 is 14.2 Å². The van der Waals surface area contributed by atoms with Crippen molar-refractivity contribution in [3.05, 3.63) is 48.2 Å². The molecule has 2 fully saturated rings. The second-order valence-electron chi connectivity index (χ2n) is 8.99. The summed E-state index contributed by atoms with van der Waals surface area (Å²) in [6.45, 7) is 3.14.